The van der Waals surface area contributed by atoms with Crippen molar-refractivity contribution in [3.8, 4) is 0 Å². The van der Waals surface area contributed by atoms with Gasteiger partial charge in [-0.15, -0.1) is 0 Å². The Balaban J connectivity index is 1.83. The van der Waals surface area contributed by atoms with Gasteiger partial charge in [-0.2, -0.15) is 0 Å². The Bertz CT molecular complexity index is 640. The fourth-order valence-electron chi connectivity index (χ4n) is 3.41. The maximum Gasteiger partial charge on any atom is 0.329 e. The van der Waals surface area contributed by atoms with Gasteiger partial charge in [-0.25, -0.2) is 14.8 Å². The summed E-state index contributed by atoms with van der Waals surface area (Å²) in [5, 5.41) is 12.4. The van der Waals surface area contributed by atoms with Crippen LogP contribution in [0.2, 0.25) is 5.02 Å². The van der Waals surface area contributed by atoms with Gasteiger partial charge >= 0.3 is 5.97 Å². The Labute approximate surface area is 145 Å². The molecule has 1 aliphatic heterocycles. The van der Waals surface area contributed by atoms with Crippen molar-refractivity contribution in [3.05, 3.63) is 16.9 Å². The SMILES string of the molecule is O=C(NC1(C(=O)O)CCCCC1)c1nc(N2CCCC2)ncc1Cl. The molecule has 0 atom stereocenters. The number of aromatic nitrogens is 2. The molecule has 2 heterocycles. The summed E-state index contributed by atoms with van der Waals surface area (Å²) in [5.41, 5.74) is -1.18. The van der Waals surface area contributed by atoms with E-state index in [1.165, 1.54) is 6.20 Å². The van der Waals surface area contributed by atoms with E-state index >= 15 is 0 Å². The van der Waals surface area contributed by atoms with Crippen molar-refractivity contribution in [2.45, 2.75) is 50.5 Å². The lowest BCUT2D eigenvalue weighted by Gasteiger charge is -2.33. The largest absolute Gasteiger partial charge is 0.480 e. The second-order valence-corrected chi connectivity index (χ2v) is 6.87. The molecule has 0 radical (unpaired) electrons. The molecule has 0 bridgehead atoms. The van der Waals surface area contributed by atoms with Gasteiger partial charge in [-0.3, -0.25) is 4.79 Å². The Morgan fingerprint density at radius 3 is 2.46 bits per heavy atom. The van der Waals surface area contributed by atoms with Gasteiger partial charge in [0, 0.05) is 13.1 Å². The number of hydrogen-bond acceptors (Lipinski definition) is 5. The predicted molar refractivity (Wildman–Crippen MR) is 89.4 cm³/mol. The standard InChI is InChI=1S/C16H21ClN4O3/c17-11-10-18-15(21-8-4-5-9-21)19-12(11)13(22)20-16(14(23)24)6-2-1-3-7-16/h10H,1-9H2,(H,20,22)(H,23,24). The highest BCUT2D eigenvalue weighted by molar-refractivity contribution is 6.33. The summed E-state index contributed by atoms with van der Waals surface area (Å²) in [6, 6.07) is 0. The number of carbonyl (C=O) groups is 2. The number of hydrogen-bond donors (Lipinski definition) is 2. The molecule has 3 rings (SSSR count). The van der Waals surface area contributed by atoms with E-state index in [4.69, 9.17) is 11.6 Å². The third-order valence-electron chi connectivity index (χ3n) is 4.80. The second kappa shape index (κ2) is 6.93. The van der Waals surface area contributed by atoms with Crippen molar-refractivity contribution in [2.75, 3.05) is 18.0 Å². The first-order chi connectivity index (χ1) is 11.5. The molecule has 1 aromatic rings. The van der Waals surface area contributed by atoms with Gasteiger partial charge in [-0.05, 0) is 25.7 Å². The molecule has 130 valence electrons. The summed E-state index contributed by atoms with van der Waals surface area (Å²) in [5.74, 6) is -1.08. The maximum atomic E-state index is 12.6. The normalized spacial score (nSPS) is 20.0. The van der Waals surface area contributed by atoms with Crippen LogP contribution in [0.4, 0.5) is 5.95 Å². The monoisotopic (exact) mass is 352 g/mol. The van der Waals surface area contributed by atoms with E-state index in [0.29, 0.717) is 18.8 Å². The van der Waals surface area contributed by atoms with Crippen LogP contribution in [0, 0.1) is 0 Å². The average molecular weight is 353 g/mol. The van der Waals surface area contributed by atoms with Crippen molar-refractivity contribution in [2.24, 2.45) is 0 Å². The zero-order valence-corrected chi connectivity index (χ0v) is 14.2. The number of amides is 1. The van der Waals surface area contributed by atoms with Crippen molar-refractivity contribution < 1.29 is 14.7 Å². The van der Waals surface area contributed by atoms with Gasteiger partial charge in [0.25, 0.3) is 5.91 Å². The molecular weight excluding hydrogens is 332 g/mol. The minimum Gasteiger partial charge on any atom is -0.480 e. The van der Waals surface area contributed by atoms with E-state index in [1.54, 1.807) is 0 Å². The lowest BCUT2D eigenvalue weighted by molar-refractivity contribution is -0.145. The third-order valence-corrected chi connectivity index (χ3v) is 5.08. The summed E-state index contributed by atoms with van der Waals surface area (Å²) >= 11 is 6.09. The van der Waals surface area contributed by atoms with Crippen LogP contribution in [0.3, 0.4) is 0 Å². The van der Waals surface area contributed by atoms with Crippen LogP contribution in [-0.4, -0.2) is 45.6 Å². The zero-order chi connectivity index (χ0) is 17.2. The van der Waals surface area contributed by atoms with Crippen molar-refractivity contribution in [1.29, 1.82) is 0 Å². The minimum absolute atomic E-state index is 0.0414. The molecule has 2 aliphatic rings. The number of carboxylic acids is 1. The number of aliphatic carboxylic acids is 1. The molecule has 8 heteroatoms. The van der Waals surface area contributed by atoms with Gasteiger partial charge in [0.05, 0.1) is 11.2 Å². The van der Waals surface area contributed by atoms with E-state index in [9.17, 15) is 14.7 Å². The Morgan fingerprint density at radius 2 is 1.83 bits per heavy atom. The quantitative estimate of drug-likeness (QED) is 0.862. The Kier molecular flexibility index (Phi) is 4.89. The summed E-state index contributed by atoms with van der Waals surface area (Å²) < 4.78 is 0. The molecule has 1 saturated carbocycles. The van der Waals surface area contributed by atoms with E-state index in [2.05, 4.69) is 15.3 Å². The fraction of sp³-hybridized carbons (Fsp3) is 0.625. The number of carboxylic acid groups (broad SMARTS) is 1. The highest BCUT2D eigenvalue weighted by atomic mass is 35.5. The predicted octanol–water partition coefficient (Wildman–Crippen LogP) is 2.25. The van der Waals surface area contributed by atoms with Gasteiger partial charge in [0.2, 0.25) is 5.95 Å². The highest BCUT2D eigenvalue weighted by Crippen LogP contribution is 2.29. The van der Waals surface area contributed by atoms with Gasteiger partial charge in [0.1, 0.15) is 5.54 Å². The first-order valence-corrected chi connectivity index (χ1v) is 8.73. The van der Waals surface area contributed by atoms with Gasteiger partial charge in [0.15, 0.2) is 5.69 Å². The van der Waals surface area contributed by atoms with E-state index in [0.717, 1.165) is 45.2 Å². The Morgan fingerprint density at radius 1 is 1.17 bits per heavy atom. The van der Waals surface area contributed by atoms with Crippen LogP contribution in [0.25, 0.3) is 0 Å². The molecule has 0 unspecified atom stereocenters. The maximum absolute atomic E-state index is 12.6. The average Bonchev–Trinajstić information content (AvgIpc) is 3.10. The fourth-order valence-corrected chi connectivity index (χ4v) is 3.59. The third kappa shape index (κ3) is 3.31. The molecule has 1 aliphatic carbocycles. The van der Waals surface area contributed by atoms with Crippen molar-refractivity contribution in [3.63, 3.8) is 0 Å². The van der Waals surface area contributed by atoms with E-state index < -0.39 is 17.4 Å². The first kappa shape index (κ1) is 17.0. The van der Waals surface area contributed by atoms with Gasteiger partial charge in [-0.1, -0.05) is 30.9 Å². The highest BCUT2D eigenvalue weighted by Gasteiger charge is 2.41. The van der Waals surface area contributed by atoms with E-state index in [-0.39, 0.29) is 10.7 Å². The van der Waals surface area contributed by atoms with Crippen LogP contribution in [0.15, 0.2) is 6.20 Å². The number of carbonyl (C=O) groups excluding carboxylic acids is 1. The summed E-state index contributed by atoms with van der Waals surface area (Å²) in [6.45, 7) is 1.70. The molecular formula is C16H21ClN4O3. The summed E-state index contributed by atoms with van der Waals surface area (Å²) in [4.78, 5) is 34.8. The molecule has 1 saturated heterocycles. The lowest BCUT2D eigenvalue weighted by Crippen LogP contribution is -2.55. The molecule has 0 spiro atoms. The topological polar surface area (TPSA) is 95.4 Å². The van der Waals surface area contributed by atoms with Gasteiger partial charge < -0.3 is 15.3 Å². The van der Waals surface area contributed by atoms with Crippen LogP contribution in [-0.2, 0) is 4.79 Å². The first-order valence-electron chi connectivity index (χ1n) is 8.35. The number of halogens is 1. The number of nitrogens with zero attached hydrogens (tertiary/aromatic N) is 3. The number of nitrogens with one attached hydrogen (secondary N) is 1. The summed E-state index contributed by atoms with van der Waals surface area (Å²) in [6.07, 6.45) is 6.94. The molecule has 1 aromatic heterocycles. The summed E-state index contributed by atoms with van der Waals surface area (Å²) in [7, 11) is 0. The molecule has 2 N–H and O–H groups in total. The number of rotatable bonds is 4. The molecule has 1 amide bonds. The molecule has 2 fully saturated rings. The van der Waals surface area contributed by atoms with Crippen LogP contribution in [0.1, 0.15) is 55.4 Å². The van der Waals surface area contributed by atoms with E-state index in [1.807, 2.05) is 4.90 Å². The Hall–Kier alpha value is -1.89. The molecule has 7 nitrogen and oxygen atoms in total. The van der Waals surface area contributed by atoms with Crippen LogP contribution >= 0.6 is 11.6 Å². The number of anilines is 1. The zero-order valence-electron chi connectivity index (χ0n) is 13.4. The van der Waals surface area contributed by atoms with Crippen LogP contribution < -0.4 is 10.2 Å². The minimum atomic E-state index is -1.22. The van der Waals surface area contributed by atoms with Crippen molar-refractivity contribution in [1.82, 2.24) is 15.3 Å². The molecule has 0 aromatic carbocycles. The van der Waals surface area contributed by atoms with Crippen molar-refractivity contribution >= 4 is 29.4 Å². The second-order valence-electron chi connectivity index (χ2n) is 6.46. The smallest absolute Gasteiger partial charge is 0.329 e. The molecule has 24 heavy (non-hydrogen) atoms. The van der Waals surface area contributed by atoms with Crippen LogP contribution in [0.5, 0.6) is 0 Å². The lowest BCUT2D eigenvalue weighted by atomic mass is 9.81.